The van der Waals surface area contributed by atoms with Crippen molar-refractivity contribution in [3.63, 3.8) is 0 Å². The van der Waals surface area contributed by atoms with E-state index >= 15 is 0 Å². The quantitative estimate of drug-likeness (QED) is 0.840. The molecule has 0 saturated heterocycles. The summed E-state index contributed by atoms with van der Waals surface area (Å²) in [5.41, 5.74) is 1.72. The molecule has 0 spiro atoms. The molecule has 4 rings (SSSR count). The fraction of sp³-hybridized carbons (Fsp3) is 0.684. The van der Waals surface area contributed by atoms with Gasteiger partial charge in [-0.2, -0.15) is 0 Å². The van der Waals surface area contributed by atoms with E-state index in [4.69, 9.17) is 4.74 Å². The zero-order chi connectivity index (χ0) is 16.8. The Balaban J connectivity index is 1.60. The van der Waals surface area contributed by atoms with Crippen molar-refractivity contribution in [2.24, 2.45) is 23.7 Å². The van der Waals surface area contributed by atoms with Crippen LogP contribution in [0, 0.1) is 23.7 Å². The van der Waals surface area contributed by atoms with Gasteiger partial charge in [0.05, 0.1) is 12.7 Å². The molecule has 1 aromatic heterocycles. The van der Waals surface area contributed by atoms with Crippen LogP contribution >= 0.6 is 11.3 Å². The number of rotatable bonds is 3. The van der Waals surface area contributed by atoms with Gasteiger partial charge in [0.2, 0.25) is 5.91 Å². The number of anilines is 1. The fourth-order valence-corrected chi connectivity index (χ4v) is 6.33. The lowest BCUT2D eigenvalue weighted by atomic mass is 9.87. The van der Waals surface area contributed by atoms with Crippen LogP contribution in [0.25, 0.3) is 0 Å². The maximum absolute atomic E-state index is 12.8. The molecule has 2 bridgehead atoms. The zero-order valence-electron chi connectivity index (χ0n) is 14.4. The number of fused-ring (bicyclic) bond motifs is 3. The molecule has 130 valence electrons. The van der Waals surface area contributed by atoms with E-state index in [0.717, 1.165) is 37.2 Å². The Morgan fingerprint density at radius 1 is 1.21 bits per heavy atom. The molecular formula is C19H25NO3S. The van der Waals surface area contributed by atoms with Crippen molar-refractivity contribution in [2.75, 3.05) is 12.4 Å². The van der Waals surface area contributed by atoms with Gasteiger partial charge in [-0.05, 0) is 61.8 Å². The summed E-state index contributed by atoms with van der Waals surface area (Å²) < 4.78 is 5.00. The number of ether oxygens (including phenoxy) is 1. The summed E-state index contributed by atoms with van der Waals surface area (Å²) in [5, 5.41) is 3.82. The van der Waals surface area contributed by atoms with Gasteiger partial charge in [-0.3, -0.25) is 4.79 Å². The molecule has 0 aromatic carbocycles. The Morgan fingerprint density at radius 3 is 2.71 bits per heavy atom. The van der Waals surface area contributed by atoms with Crippen LogP contribution in [0.15, 0.2) is 0 Å². The van der Waals surface area contributed by atoms with Gasteiger partial charge in [-0.25, -0.2) is 4.79 Å². The third-order valence-corrected chi connectivity index (χ3v) is 7.38. The van der Waals surface area contributed by atoms with Gasteiger partial charge < -0.3 is 10.1 Å². The average Bonchev–Trinajstić information content (AvgIpc) is 3.27. The highest BCUT2D eigenvalue weighted by Crippen LogP contribution is 2.49. The predicted octanol–water partition coefficient (Wildman–Crippen LogP) is 4.03. The number of methoxy groups -OCH3 is 1. The predicted molar refractivity (Wildman–Crippen MR) is 94.4 cm³/mol. The molecule has 24 heavy (non-hydrogen) atoms. The second-order valence-corrected chi connectivity index (χ2v) is 8.92. The third kappa shape index (κ3) is 2.67. The highest BCUT2D eigenvalue weighted by atomic mass is 32.1. The standard InChI is InChI=1S/C19H25NO3S/c1-10-3-6-13-15(7-10)24-18(16(13)19(22)23-2)20-17(21)14-9-11-4-5-12(14)8-11/h10-12,14H,3-9H2,1-2H3,(H,20,21)/t10-,11-,12+,14+/m0/s1. The van der Waals surface area contributed by atoms with Gasteiger partial charge in [0.25, 0.3) is 0 Å². The molecule has 4 nitrogen and oxygen atoms in total. The summed E-state index contributed by atoms with van der Waals surface area (Å²) in [4.78, 5) is 26.3. The number of hydrogen-bond acceptors (Lipinski definition) is 4. The maximum Gasteiger partial charge on any atom is 0.341 e. The van der Waals surface area contributed by atoms with Crippen LogP contribution < -0.4 is 5.32 Å². The Bertz CT molecular complexity index is 680. The van der Waals surface area contributed by atoms with Gasteiger partial charge in [0.15, 0.2) is 0 Å². The first kappa shape index (κ1) is 16.1. The highest BCUT2D eigenvalue weighted by molar-refractivity contribution is 7.17. The lowest BCUT2D eigenvalue weighted by Gasteiger charge is -2.20. The van der Waals surface area contributed by atoms with Crippen molar-refractivity contribution in [3.8, 4) is 0 Å². The molecule has 2 fully saturated rings. The maximum atomic E-state index is 12.8. The van der Waals surface area contributed by atoms with Gasteiger partial charge in [0.1, 0.15) is 5.00 Å². The van der Waals surface area contributed by atoms with E-state index in [1.165, 1.54) is 31.2 Å². The number of thiophene rings is 1. The third-order valence-electron chi connectivity index (χ3n) is 6.21. The van der Waals surface area contributed by atoms with E-state index in [2.05, 4.69) is 12.2 Å². The summed E-state index contributed by atoms with van der Waals surface area (Å²) >= 11 is 1.58. The monoisotopic (exact) mass is 347 g/mol. The molecule has 1 amide bonds. The molecule has 5 heteroatoms. The number of amides is 1. The lowest BCUT2D eigenvalue weighted by molar-refractivity contribution is -0.121. The number of carbonyl (C=O) groups excluding carboxylic acids is 2. The van der Waals surface area contributed by atoms with Crippen LogP contribution in [0.4, 0.5) is 5.00 Å². The normalized spacial score (nSPS) is 30.9. The Morgan fingerprint density at radius 2 is 2.04 bits per heavy atom. The first-order valence-corrected chi connectivity index (χ1v) is 9.92. The van der Waals surface area contributed by atoms with Crippen molar-refractivity contribution in [1.82, 2.24) is 0 Å². The van der Waals surface area contributed by atoms with Crippen LogP contribution in [0.1, 0.15) is 59.8 Å². The molecule has 2 saturated carbocycles. The van der Waals surface area contributed by atoms with Crippen LogP contribution in [0.5, 0.6) is 0 Å². The van der Waals surface area contributed by atoms with Crippen molar-refractivity contribution < 1.29 is 14.3 Å². The lowest BCUT2D eigenvalue weighted by Crippen LogP contribution is -2.27. The summed E-state index contributed by atoms with van der Waals surface area (Å²) in [6, 6.07) is 0. The van der Waals surface area contributed by atoms with Crippen molar-refractivity contribution in [1.29, 1.82) is 0 Å². The molecule has 0 unspecified atom stereocenters. The van der Waals surface area contributed by atoms with Gasteiger partial charge in [-0.15, -0.1) is 11.3 Å². The second-order valence-electron chi connectivity index (χ2n) is 7.82. The largest absolute Gasteiger partial charge is 0.465 e. The molecule has 1 aromatic rings. The first-order chi connectivity index (χ1) is 11.6. The minimum Gasteiger partial charge on any atom is -0.465 e. The molecular weight excluding hydrogens is 322 g/mol. The topological polar surface area (TPSA) is 55.4 Å². The Labute approximate surface area is 147 Å². The smallest absolute Gasteiger partial charge is 0.341 e. The molecule has 0 radical (unpaired) electrons. The summed E-state index contributed by atoms with van der Waals surface area (Å²) in [6.45, 7) is 2.24. The fourth-order valence-electron chi connectivity index (χ4n) is 4.93. The first-order valence-electron chi connectivity index (χ1n) is 9.10. The van der Waals surface area contributed by atoms with Gasteiger partial charge >= 0.3 is 5.97 Å². The SMILES string of the molecule is COC(=O)c1c(NC(=O)[C@@H]2C[C@H]3CC[C@@H]2C3)sc2c1CC[C@H](C)C2. The average molecular weight is 347 g/mol. The molecule has 3 aliphatic carbocycles. The summed E-state index contributed by atoms with van der Waals surface area (Å²) in [7, 11) is 1.42. The minimum atomic E-state index is -0.315. The highest BCUT2D eigenvalue weighted by Gasteiger charge is 2.43. The van der Waals surface area contributed by atoms with Crippen molar-refractivity contribution >= 4 is 28.2 Å². The number of nitrogens with one attached hydrogen (secondary N) is 1. The van der Waals surface area contributed by atoms with Crippen LogP contribution in [-0.2, 0) is 22.4 Å². The molecule has 4 atom stereocenters. The van der Waals surface area contributed by atoms with Crippen molar-refractivity contribution in [2.45, 2.75) is 51.9 Å². The Hall–Kier alpha value is -1.36. The number of hydrogen-bond donors (Lipinski definition) is 1. The Kier molecular flexibility index (Phi) is 4.15. The number of esters is 1. The van der Waals surface area contributed by atoms with Crippen LogP contribution in [-0.4, -0.2) is 19.0 Å². The second kappa shape index (κ2) is 6.17. The molecule has 0 aliphatic heterocycles. The molecule has 1 heterocycles. The van der Waals surface area contributed by atoms with Crippen molar-refractivity contribution in [3.05, 3.63) is 16.0 Å². The molecule has 1 N–H and O–H groups in total. The van der Waals surface area contributed by atoms with Gasteiger partial charge in [0, 0.05) is 10.8 Å². The van der Waals surface area contributed by atoms with E-state index in [1.54, 1.807) is 11.3 Å². The summed E-state index contributed by atoms with van der Waals surface area (Å²) in [5.74, 6) is 1.85. The van der Waals surface area contributed by atoms with E-state index in [-0.39, 0.29) is 17.8 Å². The van der Waals surface area contributed by atoms with Gasteiger partial charge in [-0.1, -0.05) is 13.3 Å². The van der Waals surface area contributed by atoms with E-state index in [1.807, 2.05) is 0 Å². The van der Waals surface area contributed by atoms with Crippen LogP contribution in [0.2, 0.25) is 0 Å². The van der Waals surface area contributed by atoms with Crippen LogP contribution in [0.3, 0.4) is 0 Å². The van der Waals surface area contributed by atoms with E-state index in [9.17, 15) is 9.59 Å². The number of carbonyl (C=O) groups is 2. The zero-order valence-corrected chi connectivity index (χ0v) is 15.2. The van der Waals surface area contributed by atoms with E-state index < -0.39 is 0 Å². The molecule has 3 aliphatic rings. The van der Waals surface area contributed by atoms with E-state index in [0.29, 0.717) is 22.4 Å². The minimum absolute atomic E-state index is 0.110. The summed E-state index contributed by atoms with van der Waals surface area (Å²) in [6.07, 6.45) is 7.69.